The lowest BCUT2D eigenvalue weighted by Gasteiger charge is -2.12. The van der Waals surface area contributed by atoms with E-state index < -0.39 is 5.82 Å². The highest BCUT2D eigenvalue weighted by Gasteiger charge is 2.13. The second kappa shape index (κ2) is 6.45. The number of methoxy groups -OCH3 is 2. The van der Waals surface area contributed by atoms with Gasteiger partial charge in [-0.1, -0.05) is 11.2 Å². The lowest BCUT2D eigenvalue weighted by molar-refractivity contribution is 0.352. The Morgan fingerprint density at radius 1 is 1.26 bits per heavy atom. The van der Waals surface area contributed by atoms with E-state index in [0.29, 0.717) is 29.2 Å². The molecule has 0 radical (unpaired) electrons. The monoisotopic (exact) mass is 380 g/mol. The van der Waals surface area contributed by atoms with Crippen LogP contribution < -0.4 is 14.8 Å². The van der Waals surface area contributed by atoms with E-state index in [1.54, 1.807) is 26.4 Å². The molecule has 1 N–H and O–H groups in total. The van der Waals surface area contributed by atoms with Crippen molar-refractivity contribution >= 4 is 32.7 Å². The summed E-state index contributed by atoms with van der Waals surface area (Å²) in [5.41, 5.74) is 1.09. The zero-order chi connectivity index (χ0) is 16.4. The van der Waals surface area contributed by atoms with Crippen molar-refractivity contribution in [3.05, 3.63) is 46.2 Å². The molecule has 3 rings (SSSR count). The zero-order valence-corrected chi connectivity index (χ0v) is 14.1. The summed E-state index contributed by atoms with van der Waals surface area (Å²) in [5, 5.41) is 7.62. The predicted octanol–water partition coefficient (Wildman–Crippen LogP) is 4.36. The molecule has 3 aromatic rings. The van der Waals surface area contributed by atoms with Gasteiger partial charge in [0.15, 0.2) is 23.1 Å². The number of benzene rings is 2. The fraction of sp³-hybridized carbons (Fsp3) is 0.188. The van der Waals surface area contributed by atoms with Gasteiger partial charge in [0.2, 0.25) is 5.58 Å². The smallest absolute Gasteiger partial charge is 0.204 e. The molecule has 0 saturated carbocycles. The fourth-order valence-electron chi connectivity index (χ4n) is 2.32. The number of nitrogens with zero attached hydrogens (tertiary/aromatic N) is 1. The van der Waals surface area contributed by atoms with E-state index >= 15 is 0 Å². The number of hydrogen-bond acceptors (Lipinski definition) is 5. The van der Waals surface area contributed by atoms with Crippen molar-refractivity contribution in [2.24, 2.45) is 0 Å². The van der Waals surface area contributed by atoms with Gasteiger partial charge in [0.1, 0.15) is 0 Å². The Labute approximate surface area is 140 Å². The maximum Gasteiger partial charge on any atom is 0.204 e. The number of anilines is 1. The summed E-state index contributed by atoms with van der Waals surface area (Å²) in [6.45, 7) is 0.469. The Morgan fingerprint density at radius 2 is 2.09 bits per heavy atom. The van der Waals surface area contributed by atoms with Gasteiger partial charge in [0, 0.05) is 6.54 Å². The number of ether oxygens (including phenoxy) is 2. The van der Waals surface area contributed by atoms with E-state index in [4.69, 9.17) is 14.0 Å². The number of nitrogens with one attached hydrogen (secondary N) is 1. The first-order valence-corrected chi connectivity index (χ1v) is 7.61. The molecule has 0 spiro atoms. The van der Waals surface area contributed by atoms with Crippen LogP contribution in [0.25, 0.3) is 11.0 Å². The minimum Gasteiger partial charge on any atom is -0.493 e. The summed E-state index contributed by atoms with van der Waals surface area (Å²) in [5.74, 6) is 1.31. The molecule has 7 heteroatoms. The van der Waals surface area contributed by atoms with Gasteiger partial charge in [0.25, 0.3) is 0 Å². The van der Waals surface area contributed by atoms with Crippen molar-refractivity contribution in [1.29, 1.82) is 0 Å². The predicted molar refractivity (Wildman–Crippen MR) is 88.5 cm³/mol. The SMILES string of the molecule is COc1cc(CNc2noc3c(F)cccc23)cc(Br)c1OC. The average molecular weight is 381 g/mol. The summed E-state index contributed by atoms with van der Waals surface area (Å²) < 4.78 is 30.0. The van der Waals surface area contributed by atoms with Crippen LogP contribution in [0, 0.1) is 5.82 Å². The topological polar surface area (TPSA) is 56.5 Å². The van der Waals surface area contributed by atoms with Gasteiger partial charge in [-0.2, -0.15) is 0 Å². The third-order valence-electron chi connectivity index (χ3n) is 3.40. The van der Waals surface area contributed by atoms with E-state index in [2.05, 4.69) is 26.4 Å². The standard InChI is InChI=1S/C16H14BrFN2O3/c1-21-13-7-9(6-11(17)15(13)22-2)8-19-16-10-4-3-5-12(18)14(10)23-20-16/h3-7H,8H2,1-2H3,(H,19,20). The summed E-state index contributed by atoms with van der Waals surface area (Å²) in [6, 6.07) is 8.48. The molecule has 0 atom stereocenters. The molecule has 23 heavy (non-hydrogen) atoms. The van der Waals surface area contributed by atoms with Crippen LogP contribution in [-0.2, 0) is 6.54 Å². The Morgan fingerprint density at radius 3 is 2.83 bits per heavy atom. The highest BCUT2D eigenvalue weighted by atomic mass is 79.9. The maximum atomic E-state index is 13.6. The number of fused-ring (bicyclic) bond motifs is 1. The molecule has 0 saturated heterocycles. The van der Waals surface area contributed by atoms with Crippen LogP contribution in [0.4, 0.5) is 10.2 Å². The molecule has 0 unspecified atom stereocenters. The second-order valence-corrected chi connectivity index (χ2v) is 5.67. The Bertz CT molecular complexity index is 851. The minimum atomic E-state index is -0.433. The van der Waals surface area contributed by atoms with Crippen LogP contribution in [0.2, 0.25) is 0 Å². The van der Waals surface area contributed by atoms with Crippen LogP contribution in [0.5, 0.6) is 11.5 Å². The molecular formula is C16H14BrFN2O3. The van der Waals surface area contributed by atoms with Crippen LogP contribution in [-0.4, -0.2) is 19.4 Å². The van der Waals surface area contributed by atoms with Crippen LogP contribution in [0.15, 0.2) is 39.3 Å². The normalized spacial score (nSPS) is 10.8. The first-order valence-electron chi connectivity index (χ1n) is 6.82. The van der Waals surface area contributed by atoms with Gasteiger partial charge < -0.3 is 19.3 Å². The van der Waals surface area contributed by atoms with Gasteiger partial charge in [-0.15, -0.1) is 0 Å². The highest BCUT2D eigenvalue weighted by Crippen LogP contribution is 2.36. The first-order chi connectivity index (χ1) is 11.1. The third kappa shape index (κ3) is 2.96. The molecular weight excluding hydrogens is 367 g/mol. The van der Waals surface area contributed by atoms with Gasteiger partial charge in [-0.05, 0) is 45.8 Å². The Kier molecular flexibility index (Phi) is 4.38. The third-order valence-corrected chi connectivity index (χ3v) is 3.99. The van der Waals surface area contributed by atoms with E-state index in [1.807, 2.05) is 12.1 Å². The van der Waals surface area contributed by atoms with Crippen molar-refractivity contribution in [3.8, 4) is 11.5 Å². The summed E-state index contributed by atoms with van der Waals surface area (Å²) >= 11 is 3.45. The van der Waals surface area contributed by atoms with Gasteiger partial charge in [-0.25, -0.2) is 4.39 Å². The molecule has 5 nitrogen and oxygen atoms in total. The Hall–Kier alpha value is -2.28. The molecule has 1 aromatic heterocycles. The van der Waals surface area contributed by atoms with Crippen molar-refractivity contribution in [1.82, 2.24) is 5.16 Å². The molecule has 0 fully saturated rings. The molecule has 1 heterocycles. The molecule has 2 aromatic carbocycles. The highest BCUT2D eigenvalue weighted by molar-refractivity contribution is 9.10. The largest absolute Gasteiger partial charge is 0.493 e. The number of aromatic nitrogens is 1. The quantitative estimate of drug-likeness (QED) is 0.712. The number of halogens is 2. The fourth-order valence-corrected chi connectivity index (χ4v) is 2.97. The maximum absolute atomic E-state index is 13.6. The minimum absolute atomic E-state index is 0.142. The van der Waals surface area contributed by atoms with Crippen molar-refractivity contribution in [3.63, 3.8) is 0 Å². The van der Waals surface area contributed by atoms with E-state index in [0.717, 1.165) is 10.0 Å². The van der Waals surface area contributed by atoms with Crippen molar-refractivity contribution in [2.75, 3.05) is 19.5 Å². The van der Waals surface area contributed by atoms with E-state index in [-0.39, 0.29) is 5.58 Å². The molecule has 0 aliphatic carbocycles. The number of hydrogen-bond donors (Lipinski definition) is 1. The lowest BCUT2D eigenvalue weighted by atomic mass is 10.2. The first kappa shape index (κ1) is 15.6. The number of rotatable bonds is 5. The summed E-state index contributed by atoms with van der Waals surface area (Å²) in [4.78, 5) is 0. The molecule has 0 aliphatic heterocycles. The van der Waals surface area contributed by atoms with Crippen molar-refractivity contribution < 1.29 is 18.4 Å². The summed E-state index contributed by atoms with van der Waals surface area (Å²) in [7, 11) is 3.16. The molecule has 120 valence electrons. The average Bonchev–Trinajstić information content (AvgIpc) is 2.97. The van der Waals surface area contributed by atoms with Gasteiger partial charge >= 0.3 is 0 Å². The van der Waals surface area contributed by atoms with Crippen LogP contribution in [0.1, 0.15) is 5.56 Å². The van der Waals surface area contributed by atoms with E-state index in [9.17, 15) is 4.39 Å². The lowest BCUT2D eigenvalue weighted by Crippen LogP contribution is -2.01. The van der Waals surface area contributed by atoms with Crippen molar-refractivity contribution in [2.45, 2.75) is 6.54 Å². The Balaban J connectivity index is 1.85. The van der Waals surface area contributed by atoms with E-state index in [1.165, 1.54) is 6.07 Å². The summed E-state index contributed by atoms with van der Waals surface area (Å²) in [6.07, 6.45) is 0. The van der Waals surface area contributed by atoms with Gasteiger partial charge in [0.05, 0.1) is 24.1 Å². The number of para-hydroxylation sites is 1. The second-order valence-electron chi connectivity index (χ2n) is 4.81. The molecule has 0 bridgehead atoms. The van der Waals surface area contributed by atoms with Gasteiger partial charge in [-0.3, -0.25) is 0 Å². The zero-order valence-electron chi connectivity index (χ0n) is 12.5. The molecule has 0 aliphatic rings. The van der Waals surface area contributed by atoms with Crippen LogP contribution in [0.3, 0.4) is 0 Å². The van der Waals surface area contributed by atoms with Crippen LogP contribution >= 0.6 is 15.9 Å². The molecule has 0 amide bonds.